The summed E-state index contributed by atoms with van der Waals surface area (Å²) in [6.07, 6.45) is 0.889. The average Bonchev–Trinajstić information content (AvgIpc) is 2.99. The first-order chi connectivity index (χ1) is 10.6. The number of likely N-dealkylation sites (tertiary alicyclic amines) is 1. The highest BCUT2D eigenvalue weighted by Gasteiger charge is 2.33. The van der Waals surface area contributed by atoms with Gasteiger partial charge in [-0.15, -0.1) is 11.3 Å². The van der Waals surface area contributed by atoms with E-state index in [2.05, 4.69) is 0 Å². The van der Waals surface area contributed by atoms with Crippen molar-refractivity contribution in [2.75, 3.05) is 20.1 Å². The lowest BCUT2D eigenvalue weighted by Gasteiger charge is -2.36. The fourth-order valence-electron chi connectivity index (χ4n) is 2.49. The monoisotopic (exact) mass is 360 g/mol. The maximum Gasteiger partial charge on any atom is 0.410 e. The molecule has 0 saturated carbocycles. The van der Waals surface area contributed by atoms with Gasteiger partial charge >= 0.3 is 6.09 Å². The Balaban J connectivity index is 1.95. The molecule has 1 aliphatic heterocycles. The number of nitrogens with zero attached hydrogens (tertiary/aromatic N) is 2. The number of hydrogen-bond donors (Lipinski definition) is 0. The number of thiophene rings is 1. The van der Waals surface area contributed by atoms with Crippen molar-refractivity contribution in [2.24, 2.45) is 0 Å². The zero-order valence-electron chi connectivity index (χ0n) is 14.0. The lowest BCUT2D eigenvalue weighted by atomic mass is 10.1. The highest BCUT2D eigenvalue weighted by atomic mass is 32.2. The van der Waals surface area contributed by atoms with Crippen molar-refractivity contribution >= 4 is 27.5 Å². The van der Waals surface area contributed by atoms with Crippen LogP contribution in [0.3, 0.4) is 0 Å². The van der Waals surface area contributed by atoms with E-state index in [0.717, 1.165) is 0 Å². The first-order valence-corrected chi connectivity index (χ1v) is 9.93. The van der Waals surface area contributed by atoms with Gasteiger partial charge in [0.15, 0.2) is 0 Å². The van der Waals surface area contributed by atoms with Gasteiger partial charge in [-0.25, -0.2) is 13.2 Å². The molecule has 0 spiro atoms. The predicted octanol–water partition coefficient (Wildman–Crippen LogP) is 2.77. The summed E-state index contributed by atoms with van der Waals surface area (Å²) < 4.78 is 32.2. The van der Waals surface area contributed by atoms with Crippen molar-refractivity contribution in [3.8, 4) is 0 Å². The van der Waals surface area contributed by atoms with E-state index in [1.165, 1.54) is 15.6 Å². The van der Waals surface area contributed by atoms with Gasteiger partial charge in [0.25, 0.3) is 10.0 Å². The third-order valence-corrected chi connectivity index (χ3v) is 7.04. The molecule has 1 aromatic heterocycles. The Hall–Kier alpha value is -1.12. The predicted molar refractivity (Wildman–Crippen MR) is 90.1 cm³/mol. The minimum atomic E-state index is -3.44. The number of piperidine rings is 1. The SMILES string of the molecule is CN(C1CCN(C(=O)OC(C)(C)C)CC1)S(=O)(=O)c1cccs1. The minimum absolute atomic E-state index is 0.0965. The van der Waals surface area contributed by atoms with E-state index in [1.54, 1.807) is 29.5 Å². The van der Waals surface area contributed by atoms with Crippen LogP contribution >= 0.6 is 11.3 Å². The summed E-state index contributed by atoms with van der Waals surface area (Å²) in [6, 6.07) is 3.25. The lowest BCUT2D eigenvalue weighted by molar-refractivity contribution is 0.0183. The largest absolute Gasteiger partial charge is 0.444 e. The third-order valence-electron chi connectivity index (χ3n) is 3.76. The van der Waals surface area contributed by atoms with Crippen molar-refractivity contribution in [1.82, 2.24) is 9.21 Å². The van der Waals surface area contributed by atoms with Crippen LogP contribution in [-0.4, -0.2) is 55.5 Å². The Morgan fingerprint density at radius 1 is 1.35 bits per heavy atom. The molecule has 0 N–H and O–H groups in total. The summed E-state index contributed by atoms with van der Waals surface area (Å²) in [5.41, 5.74) is -0.521. The second-order valence-corrected chi connectivity index (χ2v) is 9.82. The third kappa shape index (κ3) is 4.45. The van der Waals surface area contributed by atoms with Gasteiger partial charge in [-0.05, 0) is 45.1 Å². The van der Waals surface area contributed by atoms with E-state index < -0.39 is 15.6 Å². The topological polar surface area (TPSA) is 66.9 Å². The van der Waals surface area contributed by atoms with Crippen LogP contribution in [-0.2, 0) is 14.8 Å². The molecular formula is C15H24N2O4S2. The molecule has 0 atom stereocenters. The second kappa shape index (κ2) is 6.78. The number of ether oxygens (including phenoxy) is 1. The first kappa shape index (κ1) is 18.2. The summed E-state index contributed by atoms with van der Waals surface area (Å²) in [5, 5.41) is 1.76. The fraction of sp³-hybridized carbons (Fsp3) is 0.667. The van der Waals surface area contributed by atoms with Gasteiger partial charge in [-0.3, -0.25) is 0 Å². The molecule has 130 valence electrons. The maximum atomic E-state index is 12.5. The van der Waals surface area contributed by atoms with Gasteiger partial charge in [-0.1, -0.05) is 6.07 Å². The number of carbonyl (C=O) groups excluding carboxylic acids is 1. The molecule has 0 radical (unpaired) electrons. The highest BCUT2D eigenvalue weighted by Crippen LogP contribution is 2.26. The molecule has 1 aliphatic rings. The van der Waals surface area contributed by atoms with E-state index in [-0.39, 0.29) is 12.1 Å². The summed E-state index contributed by atoms with van der Waals surface area (Å²) in [5.74, 6) is 0. The fourth-order valence-corrected chi connectivity index (χ4v) is 5.08. The highest BCUT2D eigenvalue weighted by molar-refractivity contribution is 7.91. The Bertz CT molecular complexity index is 627. The second-order valence-electron chi connectivity index (χ2n) is 6.65. The molecule has 6 nitrogen and oxygen atoms in total. The van der Waals surface area contributed by atoms with E-state index in [4.69, 9.17) is 4.74 Å². The Morgan fingerprint density at radius 3 is 2.43 bits per heavy atom. The van der Waals surface area contributed by atoms with E-state index >= 15 is 0 Å². The Kier molecular flexibility index (Phi) is 5.37. The van der Waals surface area contributed by atoms with Crippen molar-refractivity contribution in [1.29, 1.82) is 0 Å². The molecule has 0 unspecified atom stereocenters. The van der Waals surface area contributed by atoms with Crippen LogP contribution in [0.5, 0.6) is 0 Å². The number of hydrogen-bond acceptors (Lipinski definition) is 5. The van der Waals surface area contributed by atoms with Crippen molar-refractivity contribution in [2.45, 2.75) is 49.5 Å². The van der Waals surface area contributed by atoms with Crippen LogP contribution in [0.25, 0.3) is 0 Å². The summed E-state index contributed by atoms with van der Waals surface area (Å²) in [6.45, 7) is 6.50. The molecular weight excluding hydrogens is 336 g/mol. The maximum absolute atomic E-state index is 12.5. The van der Waals surface area contributed by atoms with Gasteiger partial charge in [-0.2, -0.15) is 4.31 Å². The number of amides is 1. The van der Waals surface area contributed by atoms with E-state index in [9.17, 15) is 13.2 Å². The quantitative estimate of drug-likeness (QED) is 0.831. The number of carbonyl (C=O) groups is 1. The van der Waals surface area contributed by atoms with Gasteiger partial charge in [0, 0.05) is 26.2 Å². The molecule has 1 aromatic rings. The molecule has 2 heterocycles. The number of rotatable bonds is 3. The molecule has 8 heteroatoms. The van der Waals surface area contributed by atoms with Gasteiger partial charge in [0.2, 0.25) is 0 Å². The zero-order valence-corrected chi connectivity index (χ0v) is 15.6. The first-order valence-electron chi connectivity index (χ1n) is 7.61. The van der Waals surface area contributed by atoms with E-state index in [0.29, 0.717) is 30.1 Å². The molecule has 0 bridgehead atoms. The molecule has 2 rings (SSSR count). The molecule has 1 saturated heterocycles. The summed E-state index contributed by atoms with van der Waals surface area (Å²) in [7, 11) is -1.83. The van der Waals surface area contributed by atoms with Crippen LogP contribution in [0.15, 0.2) is 21.7 Å². The van der Waals surface area contributed by atoms with Crippen LogP contribution in [0.1, 0.15) is 33.6 Å². The molecule has 1 amide bonds. The molecule has 1 fully saturated rings. The summed E-state index contributed by atoms with van der Waals surface area (Å²) >= 11 is 1.22. The zero-order chi connectivity index (χ0) is 17.3. The standard InChI is InChI=1S/C15H24N2O4S2/c1-15(2,3)21-14(18)17-9-7-12(8-10-17)16(4)23(19,20)13-6-5-11-22-13/h5-6,11-12H,7-10H2,1-4H3. The average molecular weight is 361 g/mol. The minimum Gasteiger partial charge on any atom is -0.444 e. The normalized spacial score (nSPS) is 17.5. The van der Waals surface area contributed by atoms with Gasteiger partial charge < -0.3 is 9.64 Å². The molecule has 0 aromatic carbocycles. The lowest BCUT2D eigenvalue weighted by Crippen LogP contribution is -2.48. The molecule has 23 heavy (non-hydrogen) atoms. The number of sulfonamides is 1. The van der Waals surface area contributed by atoms with Crippen molar-refractivity contribution in [3.05, 3.63) is 17.5 Å². The Morgan fingerprint density at radius 2 is 1.96 bits per heavy atom. The van der Waals surface area contributed by atoms with E-state index in [1.807, 2.05) is 20.8 Å². The smallest absolute Gasteiger partial charge is 0.410 e. The van der Waals surface area contributed by atoms with Gasteiger partial charge in [0.1, 0.15) is 9.81 Å². The van der Waals surface area contributed by atoms with Crippen LogP contribution in [0.4, 0.5) is 4.79 Å². The molecule has 0 aliphatic carbocycles. The van der Waals surface area contributed by atoms with Crippen molar-refractivity contribution in [3.63, 3.8) is 0 Å². The van der Waals surface area contributed by atoms with Crippen LogP contribution in [0, 0.1) is 0 Å². The van der Waals surface area contributed by atoms with Crippen molar-refractivity contribution < 1.29 is 17.9 Å². The summed E-state index contributed by atoms with van der Waals surface area (Å²) in [4.78, 5) is 13.7. The van der Waals surface area contributed by atoms with Gasteiger partial charge in [0.05, 0.1) is 0 Å². The van der Waals surface area contributed by atoms with Crippen LogP contribution in [0.2, 0.25) is 0 Å². The van der Waals surface area contributed by atoms with Crippen LogP contribution < -0.4 is 0 Å². The Labute approximate surface area is 142 Å².